The van der Waals surface area contributed by atoms with Gasteiger partial charge in [-0.3, -0.25) is 0 Å². The molecule has 1 N–H and O–H groups in total. The minimum Gasteiger partial charge on any atom is -0.366 e. The van der Waals surface area contributed by atoms with E-state index in [0.717, 1.165) is 18.8 Å². The number of aryl methyl sites for hydroxylation is 1. The summed E-state index contributed by atoms with van der Waals surface area (Å²) in [5.74, 6) is 1.68. The van der Waals surface area contributed by atoms with Crippen molar-refractivity contribution in [1.82, 2.24) is 9.88 Å². The number of aromatic nitrogens is 1. The van der Waals surface area contributed by atoms with Crippen LogP contribution in [-0.2, 0) is 0 Å². The third-order valence-electron chi connectivity index (χ3n) is 2.61. The Morgan fingerprint density at radius 3 is 2.59 bits per heavy atom. The van der Waals surface area contributed by atoms with Gasteiger partial charge in [-0.1, -0.05) is 13.8 Å². The largest absolute Gasteiger partial charge is 0.366 e. The number of rotatable bonds is 6. The molecule has 1 aromatic rings. The Balaban J connectivity index is 2.64. The van der Waals surface area contributed by atoms with Crippen LogP contribution >= 0.6 is 0 Å². The van der Waals surface area contributed by atoms with Crippen molar-refractivity contribution in [1.29, 1.82) is 0 Å². The lowest BCUT2D eigenvalue weighted by atomic mass is 10.0. The second kappa shape index (κ2) is 6.60. The van der Waals surface area contributed by atoms with E-state index in [0.29, 0.717) is 12.0 Å². The van der Waals surface area contributed by atoms with Crippen LogP contribution in [0.4, 0.5) is 5.82 Å². The van der Waals surface area contributed by atoms with Gasteiger partial charge in [0.2, 0.25) is 0 Å². The average Bonchev–Trinajstić information content (AvgIpc) is 2.14. The van der Waals surface area contributed by atoms with Crippen molar-refractivity contribution in [2.75, 3.05) is 26.0 Å². The van der Waals surface area contributed by atoms with E-state index in [9.17, 15) is 0 Å². The number of hydrogen-bond acceptors (Lipinski definition) is 3. The fraction of sp³-hybridized carbons (Fsp3) is 0.643. The van der Waals surface area contributed by atoms with Crippen LogP contribution in [0, 0.1) is 12.8 Å². The number of nitrogens with one attached hydrogen (secondary N) is 1. The fourth-order valence-corrected chi connectivity index (χ4v) is 2.01. The predicted molar refractivity (Wildman–Crippen MR) is 74.4 cm³/mol. The summed E-state index contributed by atoms with van der Waals surface area (Å²) in [5, 5.41) is 3.53. The van der Waals surface area contributed by atoms with Gasteiger partial charge in [0.05, 0.1) is 0 Å². The van der Waals surface area contributed by atoms with Crippen molar-refractivity contribution >= 4 is 5.82 Å². The molecule has 1 rings (SSSR count). The van der Waals surface area contributed by atoms with E-state index in [-0.39, 0.29) is 0 Å². The molecule has 3 heteroatoms. The van der Waals surface area contributed by atoms with E-state index in [1.54, 1.807) is 0 Å². The molecule has 0 fully saturated rings. The standard InChI is InChI=1S/C14H25N3/c1-11(2)8-13(10-17(4)5)16-14-9-12(3)6-7-15-14/h6-7,9,11,13H,8,10H2,1-5H3,(H,15,16). The maximum Gasteiger partial charge on any atom is 0.126 e. The van der Waals surface area contributed by atoms with E-state index in [2.05, 4.69) is 56.1 Å². The monoisotopic (exact) mass is 235 g/mol. The first kappa shape index (κ1) is 14.0. The van der Waals surface area contributed by atoms with E-state index < -0.39 is 0 Å². The van der Waals surface area contributed by atoms with Gasteiger partial charge < -0.3 is 10.2 Å². The van der Waals surface area contributed by atoms with Gasteiger partial charge in [-0.2, -0.15) is 0 Å². The number of nitrogens with zero attached hydrogens (tertiary/aromatic N) is 2. The quantitative estimate of drug-likeness (QED) is 0.822. The van der Waals surface area contributed by atoms with Crippen molar-refractivity contribution in [2.24, 2.45) is 5.92 Å². The highest BCUT2D eigenvalue weighted by molar-refractivity contribution is 5.38. The summed E-state index contributed by atoms with van der Waals surface area (Å²) in [6, 6.07) is 4.58. The highest BCUT2D eigenvalue weighted by Gasteiger charge is 2.12. The van der Waals surface area contributed by atoms with Crippen LogP contribution in [0.25, 0.3) is 0 Å². The Morgan fingerprint density at radius 1 is 1.35 bits per heavy atom. The summed E-state index contributed by atoms with van der Waals surface area (Å²) < 4.78 is 0. The van der Waals surface area contributed by atoms with Gasteiger partial charge in [-0.25, -0.2) is 4.98 Å². The minimum absolute atomic E-state index is 0.458. The summed E-state index contributed by atoms with van der Waals surface area (Å²) in [4.78, 5) is 6.58. The Labute approximate surface area is 105 Å². The smallest absolute Gasteiger partial charge is 0.126 e. The second-order valence-corrected chi connectivity index (χ2v) is 5.45. The lowest BCUT2D eigenvalue weighted by Gasteiger charge is -2.24. The number of anilines is 1. The maximum atomic E-state index is 4.36. The third kappa shape index (κ3) is 5.68. The molecule has 3 nitrogen and oxygen atoms in total. The first-order valence-corrected chi connectivity index (χ1v) is 6.31. The summed E-state index contributed by atoms with van der Waals surface area (Å²) in [5.41, 5.74) is 1.25. The molecule has 0 bridgehead atoms. The molecule has 0 spiro atoms. The molecule has 1 heterocycles. The molecule has 1 aromatic heterocycles. The highest BCUT2D eigenvalue weighted by Crippen LogP contribution is 2.12. The Morgan fingerprint density at radius 2 is 2.06 bits per heavy atom. The zero-order valence-corrected chi connectivity index (χ0v) is 11.7. The fourth-order valence-electron chi connectivity index (χ4n) is 2.01. The van der Waals surface area contributed by atoms with Crippen LogP contribution in [0.1, 0.15) is 25.8 Å². The van der Waals surface area contributed by atoms with E-state index >= 15 is 0 Å². The zero-order chi connectivity index (χ0) is 12.8. The Bertz CT molecular complexity index is 324. The van der Waals surface area contributed by atoms with Gasteiger partial charge in [0.15, 0.2) is 0 Å². The van der Waals surface area contributed by atoms with Crippen LogP contribution < -0.4 is 5.32 Å². The number of likely N-dealkylation sites (N-methyl/N-ethyl adjacent to an activating group) is 1. The lowest BCUT2D eigenvalue weighted by Crippen LogP contribution is -2.33. The van der Waals surface area contributed by atoms with Crippen molar-refractivity contribution < 1.29 is 0 Å². The molecule has 0 saturated heterocycles. The average molecular weight is 235 g/mol. The molecule has 1 atom stereocenters. The molecular formula is C14H25N3. The third-order valence-corrected chi connectivity index (χ3v) is 2.61. The van der Waals surface area contributed by atoms with Crippen LogP contribution in [0.3, 0.4) is 0 Å². The summed E-state index contributed by atoms with van der Waals surface area (Å²) >= 11 is 0. The molecular weight excluding hydrogens is 210 g/mol. The zero-order valence-electron chi connectivity index (χ0n) is 11.7. The summed E-state index contributed by atoms with van der Waals surface area (Å²) in [6.45, 7) is 7.64. The van der Waals surface area contributed by atoms with Crippen molar-refractivity contribution in [3.63, 3.8) is 0 Å². The van der Waals surface area contributed by atoms with Crippen LogP contribution in [0.2, 0.25) is 0 Å². The van der Waals surface area contributed by atoms with Gasteiger partial charge in [-0.05, 0) is 51.1 Å². The maximum absolute atomic E-state index is 4.36. The predicted octanol–water partition coefficient (Wildman–Crippen LogP) is 2.78. The normalized spacial score (nSPS) is 13.1. The molecule has 1 unspecified atom stereocenters. The van der Waals surface area contributed by atoms with E-state index in [1.807, 2.05) is 12.3 Å². The molecule has 0 aliphatic heterocycles. The van der Waals surface area contributed by atoms with Crippen LogP contribution in [-0.4, -0.2) is 36.6 Å². The van der Waals surface area contributed by atoms with Crippen molar-refractivity contribution in [3.8, 4) is 0 Å². The van der Waals surface area contributed by atoms with Gasteiger partial charge >= 0.3 is 0 Å². The molecule has 0 amide bonds. The number of pyridine rings is 1. The molecule has 0 aliphatic carbocycles. The topological polar surface area (TPSA) is 28.2 Å². The molecule has 0 saturated carbocycles. The van der Waals surface area contributed by atoms with E-state index in [1.165, 1.54) is 5.56 Å². The summed E-state index contributed by atoms with van der Waals surface area (Å²) in [7, 11) is 4.22. The molecule has 0 aromatic carbocycles. The Hall–Kier alpha value is -1.09. The summed E-state index contributed by atoms with van der Waals surface area (Å²) in [6.07, 6.45) is 3.02. The lowest BCUT2D eigenvalue weighted by molar-refractivity contribution is 0.356. The molecule has 96 valence electrons. The first-order chi connectivity index (χ1) is 7.97. The SMILES string of the molecule is Cc1ccnc(NC(CC(C)C)CN(C)C)c1. The first-order valence-electron chi connectivity index (χ1n) is 6.31. The second-order valence-electron chi connectivity index (χ2n) is 5.45. The molecule has 0 aliphatic rings. The van der Waals surface area contributed by atoms with Gasteiger partial charge in [0, 0.05) is 18.8 Å². The van der Waals surface area contributed by atoms with Crippen molar-refractivity contribution in [3.05, 3.63) is 23.9 Å². The van der Waals surface area contributed by atoms with Gasteiger partial charge in [-0.15, -0.1) is 0 Å². The Kier molecular flexibility index (Phi) is 5.42. The highest BCUT2D eigenvalue weighted by atomic mass is 15.1. The van der Waals surface area contributed by atoms with Gasteiger partial charge in [0.25, 0.3) is 0 Å². The van der Waals surface area contributed by atoms with Crippen LogP contribution in [0.5, 0.6) is 0 Å². The van der Waals surface area contributed by atoms with Gasteiger partial charge in [0.1, 0.15) is 5.82 Å². The van der Waals surface area contributed by atoms with Crippen molar-refractivity contribution in [2.45, 2.75) is 33.2 Å². The number of hydrogen-bond donors (Lipinski definition) is 1. The molecule has 0 radical (unpaired) electrons. The van der Waals surface area contributed by atoms with E-state index in [4.69, 9.17) is 0 Å². The molecule has 17 heavy (non-hydrogen) atoms. The minimum atomic E-state index is 0.458. The van der Waals surface area contributed by atoms with Crippen LogP contribution in [0.15, 0.2) is 18.3 Å².